The molecule has 0 spiro atoms. The fraction of sp³-hybridized carbons (Fsp3) is 0.462. The average Bonchev–Trinajstić information content (AvgIpc) is 2.79. The molecular formula is C13H16F3N5. The molecular weight excluding hydrogens is 283 g/mol. The minimum atomic E-state index is -4.46. The molecule has 0 radical (unpaired) electrons. The topological polar surface area (TPSA) is 55.6 Å². The van der Waals surface area contributed by atoms with Gasteiger partial charge in [-0.3, -0.25) is 4.68 Å². The van der Waals surface area contributed by atoms with E-state index >= 15 is 0 Å². The Hall–Kier alpha value is -2.12. The second kappa shape index (κ2) is 6.11. The zero-order valence-corrected chi connectivity index (χ0v) is 11.8. The van der Waals surface area contributed by atoms with Gasteiger partial charge in [0.05, 0.1) is 5.69 Å². The largest absolute Gasteiger partial charge is 0.433 e. The summed E-state index contributed by atoms with van der Waals surface area (Å²) in [5, 5.41) is 7.04. The van der Waals surface area contributed by atoms with Crippen molar-refractivity contribution < 1.29 is 13.2 Å². The van der Waals surface area contributed by atoms with Gasteiger partial charge in [-0.15, -0.1) is 0 Å². The molecule has 2 aromatic rings. The predicted molar refractivity (Wildman–Crippen MR) is 71.8 cm³/mol. The van der Waals surface area contributed by atoms with Gasteiger partial charge in [0.25, 0.3) is 0 Å². The van der Waals surface area contributed by atoms with Crippen molar-refractivity contribution in [1.82, 2.24) is 19.7 Å². The van der Waals surface area contributed by atoms with E-state index in [1.165, 1.54) is 6.92 Å². The first-order valence-electron chi connectivity index (χ1n) is 6.51. The van der Waals surface area contributed by atoms with Crippen LogP contribution in [0.2, 0.25) is 0 Å². The molecule has 0 fully saturated rings. The normalized spacial score (nSPS) is 11.7. The Morgan fingerprint density at radius 3 is 2.57 bits per heavy atom. The fourth-order valence-electron chi connectivity index (χ4n) is 1.82. The number of hydrogen-bond acceptors (Lipinski definition) is 4. The van der Waals surface area contributed by atoms with Crippen LogP contribution < -0.4 is 5.32 Å². The van der Waals surface area contributed by atoms with Gasteiger partial charge in [-0.25, -0.2) is 9.97 Å². The van der Waals surface area contributed by atoms with Crippen molar-refractivity contribution in [2.45, 2.75) is 33.0 Å². The van der Waals surface area contributed by atoms with Crippen molar-refractivity contribution in [3.63, 3.8) is 0 Å². The second-order valence-electron chi connectivity index (χ2n) is 4.72. The lowest BCUT2D eigenvalue weighted by atomic mass is 10.3. The van der Waals surface area contributed by atoms with Crippen LogP contribution in [-0.4, -0.2) is 26.3 Å². The van der Waals surface area contributed by atoms with E-state index in [0.717, 1.165) is 11.8 Å². The molecule has 2 aromatic heterocycles. The summed E-state index contributed by atoms with van der Waals surface area (Å²) in [6, 6.07) is 2.82. The van der Waals surface area contributed by atoms with Crippen LogP contribution in [0.15, 0.2) is 18.3 Å². The highest BCUT2D eigenvalue weighted by Crippen LogP contribution is 2.28. The first-order chi connectivity index (χ1) is 9.84. The van der Waals surface area contributed by atoms with E-state index in [-0.39, 0.29) is 11.6 Å². The highest BCUT2D eigenvalue weighted by Gasteiger charge is 2.33. The summed E-state index contributed by atoms with van der Waals surface area (Å²) in [6.07, 6.45) is -1.89. The van der Waals surface area contributed by atoms with E-state index in [9.17, 15) is 13.2 Å². The Morgan fingerprint density at radius 1 is 1.19 bits per heavy atom. The summed E-state index contributed by atoms with van der Waals surface area (Å²) in [5.74, 6) is -0.000953. The van der Waals surface area contributed by atoms with Crippen molar-refractivity contribution in [2.24, 2.45) is 0 Å². The van der Waals surface area contributed by atoms with Crippen molar-refractivity contribution >= 4 is 5.95 Å². The van der Waals surface area contributed by atoms with Crippen LogP contribution in [0.5, 0.6) is 0 Å². The zero-order chi connectivity index (χ0) is 15.5. The molecule has 0 amide bonds. The van der Waals surface area contributed by atoms with E-state index in [4.69, 9.17) is 0 Å². The Balaban J connectivity index is 1.89. The first-order valence-corrected chi connectivity index (χ1v) is 6.51. The Morgan fingerprint density at radius 2 is 1.95 bits per heavy atom. The minimum Gasteiger partial charge on any atom is -0.354 e. The first kappa shape index (κ1) is 15.3. The number of rotatable bonds is 5. The average molecular weight is 299 g/mol. The Bertz CT molecular complexity index is 606. The molecule has 0 saturated heterocycles. The lowest BCUT2D eigenvalue weighted by molar-refractivity contribution is -0.141. The van der Waals surface area contributed by atoms with Crippen LogP contribution in [-0.2, 0) is 12.7 Å². The summed E-state index contributed by atoms with van der Waals surface area (Å²) in [7, 11) is 0. The third-order valence-electron chi connectivity index (χ3n) is 2.77. The summed E-state index contributed by atoms with van der Waals surface area (Å²) in [6.45, 7) is 4.56. The van der Waals surface area contributed by atoms with Crippen molar-refractivity contribution in [1.29, 1.82) is 0 Å². The second-order valence-corrected chi connectivity index (χ2v) is 4.72. The number of anilines is 1. The van der Waals surface area contributed by atoms with Crippen LogP contribution in [0, 0.1) is 13.8 Å². The zero-order valence-electron chi connectivity index (χ0n) is 11.8. The van der Waals surface area contributed by atoms with E-state index in [1.54, 1.807) is 4.68 Å². The van der Waals surface area contributed by atoms with E-state index in [1.807, 2.05) is 19.2 Å². The predicted octanol–water partition coefficient (Wildman–Crippen LogP) is 2.81. The number of nitrogens with one attached hydrogen (secondary N) is 1. The highest BCUT2D eigenvalue weighted by molar-refractivity contribution is 5.28. The number of aromatic nitrogens is 4. The molecule has 0 aromatic carbocycles. The van der Waals surface area contributed by atoms with Crippen molar-refractivity contribution in [2.75, 3.05) is 11.9 Å². The summed E-state index contributed by atoms with van der Waals surface area (Å²) < 4.78 is 39.7. The molecule has 2 rings (SSSR count). The molecule has 1 N–H and O–H groups in total. The van der Waals surface area contributed by atoms with Gasteiger partial charge in [0, 0.05) is 25.0 Å². The lowest BCUT2D eigenvalue weighted by Crippen LogP contribution is -2.14. The third kappa shape index (κ3) is 4.44. The molecule has 0 bridgehead atoms. The molecule has 114 valence electrons. The standard InChI is InChI=1S/C13H16F3N5/c1-9-4-7-21(20-9)6-3-5-17-12-18-10(2)8-11(19-12)13(14,15)16/h4,7-8H,3,5-6H2,1-2H3,(H,17,18,19). The van der Waals surface area contributed by atoms with Gasteiger partial charge in [-0.2, -0.15) is 18.3 Å². The van der Waals surface area contributed by atoms with Gasteiger partial charge < -0.3 is 5.32 Å². The van der Waals surface area contributed by atoms with Gasteiger partial charge >= 0.3 is 6.18 Å². The summed E-state index contributed by atoms with van der Waals surface area (Å²) in [5.41, 5.74) is 0.280. The van der Waals surface area contributed by atoms with Crippen molar-refractivity contribution in [3.05, 3.63) is 35.4 Å². The van der Waals surface area contributed by atoms with E-state index in [0.29, 0.717) is 19.5 Å². The number of nitrogens with zero attached hydrogens (tertiary/aromatic N) is 4. The van der Waals surface area contributed by atoms with E-state index in [2.05, 4.69) is 20.4 Å². The van der Waals surface area contributed by atoms with Crippen LogP contribution in [0.1, 0.15) is 23.5 Å². The van der Waals surface area contributed by atoms with Crippen molar-refractivity contribution in [3.8, 4) is 0 Å². The maximum absolute atomic E-state index is 12.6. The molecule has 21 heavy (non-hydrogen) atoms. The van der Waals surface area contributed by atoms with Crippen LogP contribution in [0.25, 0.3) is 0 Å². The molecule has 0 aliphatic carbocycles. The molecule has 0 unspecified atom stereocenters. The summed E-state index contributed by atoms with van der Waals surface area (Å²) in [4.78, 5) is 7.44. The van der Waals surface area contributed by atoms with Gasteiger partial charge in [-0.1, -0.05) is 0 Å². The quantitative estimate of drug-likeness (QED) is 0.863. The minimum absolute atomic E-state index is 0.000953. The lowest BCUT2D eigenvalue weighted by Gasteiger charge is -2.10. The number of halogens is 3. The number of alkyl halides is 3. The molecule has 0 atom stereocenters. The van der Waals surface area contributed by atoms with E-state index < -0.39 is 11.9 Å². The summed E-state index contributed by atoms with van der Waals surface area (Å²) >= 11 is 0. The Kier molecular flexibility index (Phi) is 4.44. The third-order valence-corrected chi connectivity index (χ3v) is 2.77. The van der Waals surface area contributed by atoms with Crippen LogP contribution >= 0.6 is 0 Å². The monoisotopic (exact) mass is 299 g/mol. The molecule has 0 saturated carbocycles. The number of aryl methyl sites for hydroxylation is 3. The van der Waals surface area contributed by atoms with Gasteiger partial charge in [-0.05, 0) is 32.4 Å². The van der Waals surface area contributed by atoms with Gasteiger partial charge in [0.2, 0.25) is 5.95 Å². The van der Waals surface area contributed by atoms with Crippen LogP contribution in [0.3, 0.4) is 0 Å². The maximum atomic E-state index is 12.6. The maximum Gasteiger partial charge on any atom is 0.433 e. The molecule has 0 aliphatic rings. The van der Waals surface area contributed by atoms with Crippen LogP contribution in [0.4, 0.5) is 19.1 Å². The molecule has 2 heterocycles. The smallest absolute Gasteiger partial charge is 0.354 e. The van der Waals surface area contributed by atoms with Gasteiger partial charge in [0.1, 0.15) is 5.69 Å². The Labute approximate surface area is 120 Å². The molecule has 8 heteroatoms. The fourth-order valence-corrected chi connectivity index (χ4v) is 1.82. The molecule has 5 nitrogen and oxygen atoms in total. The highest BCUT2D eigenvalue weighted by atomic mass is 19.4. The SMILES string of the molecule is Cc1cc(C(F)(F)F)nc(NCCCn2ccc(C)n2)n1. The van der Waals surface area contributed by atoms with Gasteiger partial charge in [0.15, 0.2) is 0 Å². The number of hydrogen-bond donors (Lipinski definition) is 1. The molecule has 0 aliphatic heterocycles.